The second kappa shape index (κ2) is 7.42. The number of benzene rings is 2. The van der Waals surface area contributed by atoms with Gasteiger partial charge in [-0.1, -0.05) is 15.9 Å². The first-order chi connectivity index (χ1) is 10.5. The molecular formula is C15H12Br2N2O3. The minimum atomic E-state index is -0.337. The third-order valence-corrected chi connectivity index (χ3v) is 4.11. The van der Waals surface area contributed by atoms with Crippen LogP contribution in [-0.4, -0.2) is 24.3 Å². The molecule has 1 amide bonds. The van der Waals surface area contributed by atoms with E-state index in [1.807, 2.05) is 0 Å². The lowest BCUT2D eigenvalue weighted by Gasteiger charge is -2.03. The molecule has 0 spiro atoms. The molecule has 0 aliphatic carbocycles. The van der Waals surface area contributed by atoms with Crippen molar-refractivity contribution in [2.24, 2.45) is 5.10 Å². The molecule has 2 N–H and O–H groups in total. The van der Waals surface area contributed by atoms with E-state index < -0.39 is 0 Å². The van der Waals surface area contributed by atoms with Gasteiger partial charge in [-0.05, 0) is 52.3 Å². The molecule has 2 rings (SSSR count). The molecule has 114 valence electrons. The lowest BCUT2D eigenvalue weighted by molar-refractivity contribution is 0.0955. The summed E-state index contributed by atoms with van der Waals surface area (Å²) < 4.78 is 6.33. The Labute approximate surface area is 144 Å². The van der Waals surface area contributed by atoms with Crippen LogP contribution in [0.5, 0.6) is 11.5 Å². The van der Waals surface area contributed by atoms with Gasteiger partial charge in [-0.25, -0.2) is 5.43 Å². The summed E-state index contributed by atoms with van der Waals surface area (Å²) in [6, 6.07) is 9.90. The first-order valence-electron chi connectivity index (χ1n) is 6.16. The molecule has 2 aromatic carbocycles. The van der Waals surface area contributed by atoms with Gasteiger partial charge < -0.3 is 9.84 Å². The topological polar surface area (TPSA) is 70.9 Å². The summed E-state index contributed by atoms with van der Waals surface area (Å²) in [5.41, 5.74) is 3.52. The standard InChI is InChI=1S/C15H12Br2N2O3/c1-22-11-4-2-9(3-5-11)15(21)19-18-8-10-6-14(20)13(17)7-12(10)16/h2-8,20H,1H3,(H,19,21)/b18-8+. The zero-order chi connectivity index (χ0) is 16.1. The molecule has 0 radical (unpaired) electrons. The quantitative estimate of drug-likeness (QED) is 0.577. The molecule has 22 heavy (non-hydrogen) atoms. The summed E-state index contributed by atoms with van der Waals surface area (Å²) in [6.45, 7) is 0. The minimum Gasteiger partial charge on any atom is -0.507 e. The number of methoxy groups -OCH3 is 1. The van der Waals surface area contributed by atoms with Crippen LogP contribution >= 0.6 is 31.9 Å². The normalized spacial score (nSPS) is 10.7. The number of nitrogens with zero attached hydrogens (tertiary/aromatic N) is 1. The number of carbonyl (C=O) groups excluding carboxylic acids is 1. The van der Waals surface area contributed by atoms with Gasteiger partial charge >= 0.3 is 0 Å². The largest absolute Gasteiger partial charge is 0.507 e. The van der Waals surface area contributed by atoms with E-state index in [1.165, 1.54) is 12.3 Å². The van der Waals surface area contributed by atoms with Gasteiger partial charge in [-0.3, -0.25) is 4.79 Å². The molecule has 0 aliphatic heterocycles. The smallest absolute Gasteiger partial charge is 0.271 e. The number of hydrazone groups is 1. The van der Waals surface area contributed by atoms with Crippen molar-refractivity contribution in [1.82, 2.24) is 5.43 Å². The summed E-state index contributed by atoms with van der Waals surface area (Å²) >= 11 is 6.56. The first kappa shape index (κ1) is 16.5. The zero-order valence-electron chi connectivity index (χ0n) is 11.5. The van der Waals surface area contributed by atoms with E-state index in [-0.39, 0.29) is 11.7 Å². The van der Waals surface area contributed by atoms with Gasteiger partial charge in [0, 0.05) is 15.6 Å². The predicted octanol–water partition coefficient (Wildman–Crippen LogP) is 3.69. The van der Waals surface area contributed by atoms with E-state index >= 15 is 0 Å². The third-order valence-electron chi connectivity index (χ3n) is 2.79. The van der Waals surface area contributed by atoms with Crippen LogP contribution in [0.4, 0.5) is 0 Å². The van der Waals surface area contributed by atoms with Gasteiger partial charge in [0.1, 0.15) is 11.5 Å². The Bertz CT molecular complexity index is 715. The summed E-state index contributed by atoms with van der Waals surface area (Å²) in [5.74, 6) is 0.428. The highest BCUT2D eigenvalue weighted by Crippen LogP contribution is 2.29. The Morgan fingerprint density at radius 2 is 1.91 bits per heavy atom. The van der Waals surface area contributed by atoms with Crippen molar-refractivity contribution in [2.75, 3.05) is 7.11 Å². The molecule has 0 aromatic heterocycles. The van der Waals surface area contributed by atoms with Gasteiger partial charge in [0.25, 0.3) is 5.91 Å². The lowest BCUT2D eigenvalue weighted by atomic mass is 10.2. The van der Waals surface area contributed by atoms with Crippen LogP contribution in [0.2, 0.25) is 0 Å². The number of halogens is 2. The molecular weight excluding hydrogens is 416 g/mol. The second-order valence-corrected chi connectivity index (χ2v) is 5.96. The van der Waals surface area contributed by atoms with Crippen LogP contribution in [0.15, 0.2) is 50.4 Å². The van der Waals surface area contributed by atoms with Gasteiger partial charge in [0.15, 0.2) is 0 Å². The van der Waals surface area contributed by atoms with Crippen molar-refractivity contribution in [1.29, 1.82) is 0 Å². The fourth-order valence-corrected chi connectivity index (χ4v) is 2.72. The molecule has 0 unspecified atom stereocenters. The minimum absolute atomic E-state index is 0.0890. The molecule has 7 heteroatoms. The van der Waals surface area contributed by atoms with Crippen LogP contribution in [0.1, 0.15) is 15.9 Å². The lowest BCUT2D eigenvalue weighted by Crippen LogP contribution is -2.17. The number of phenolic OH excluding ortho intramolecular Hbond substituents is 1. The van der Waals surface area contributed by atoms with Gasteiger partial charge in [0.2, 0.25) is 0 Å². The fourth-order valence-electron chi connectivity index (χ4n) is 1.62. The SMILES string of the molecule is COc1ccc(C(=O)N/N=C/c2cc(O)c(Br)cc2Br)cc1. The summed E-state index contributed by atoms with van der Waals surface area (Å²) in [4.78, 5) is 11.9. The van der Waals surface area contributed by atoms with E-state index in [9.17, 15) is 9.90 Å². The molecule has 0 fully saturated rings. The highest BCUT2D eigenvalue weighted by Gasteiger charge is 2.06. The Hall–Kier alpha value is -1.86. The van der Waals surface area contributed by atoms with Crippen molar-refractivity contribution in [3.8, 4) is 11.5 Å². The van der Waals surface area contributed by atoms with Crippen LogP contribution in [-0.2, 0) is 0 Å². The zero-order valence-corrected chi connectivity index (χ0v) is 14.7. The van der Waals surface area contributed by atoms with Crippen molar-refractivity contribution >= 4 is 44.0 Å². The number of nitrogens with one attached hydrogen (secondary N) is 1. The van der Waals surface area contributed by atoms with Gasteiger partial charge in [-0.15, -0.1) is 0 Å². The number of aromatic hydroxyl groups is 1. The number of carbonyl (C=O) groups is 1. The second-order valence-electron chi connectivity index (χ2n) is 4.25. The maximum atomic E-state index is 11.9. The van der Waals surface area contributed by atoms with Gasteiger partial charge in [0.05, 0.1) is 17.8 Å². The van der Waals surface area contributed by atoms with E-state index in [0.29, 0.717) is 21.3 Å². The van der Waals surface area contributed by atoms with Crippen LogP contribution < -0.4 is 10.2 Å². The van der Waals surface area contributed by atoms with E-state index in [1.54, 1.807) is 37.4 Å². The third kappa shape index (κ3) is 4.08. The maximum absolute atomic E-state index is 11.9. The van der Waals surface area contributed by atoms with E-state index in [2.05, 4.69) is 42.4 Å². The van der Waals surface area contributed by atoms with Crippen molar-refractivity contribution in [3.63, 3.8) is 0 Å². The average Bonchev–Trinajstić information content (AvgIpc) is 2.52. The summed E-state index contributed by atoms with van der Waals surface area (Å²) in [6.07, 6.45) is 1.44. The predicted molar refractivity (Wildman–Crippen MR) is 91.6 cm³/mol. The Kier molecular flexibility index (Phi) is 5.57. The Morgan fingerprint density at radius 1 is 1.23 bits per heavy atom. The first-order valence-corrected chi connectivity index (χ1v) is 7.75. The fraction of sp³-hybridized carbons (Fsp3) is 0.0667. The molecule has 2 aromatic rings. The Balaban J connectivity index is 2.05. The molecule has 0 heterocycles. The van der Waals surface area contributed by atoms with Crippen LogP contribution in [0.25, 0.3) is 0 Å². The van der Waals surface area contributed by atoms with Crippen LogP contribution in [0.3, 0.4) is 0 Å². The van der Waals surface area contributed by atoms with Gasteiger partial charge in [-0.2, -0.15) is 5.10 Å². The number of amides is 1. The molecule has 0 atom stereocenters. The number of ether oxygens (including phenoxy) is 1. The number of hydrogen-bond acceptors (Lipinski definition) is 4. The van der Waals surface area contributed by atoms with E-state index in [4.69, 9.17) is 4.74 Å². The Morgan fingerprint density at radius 3 is 2.55 bits per heavy atom. The maximum Gasteiger partial charge on any atom is 0.271 e. The highest BCUT2D eigenvalue weighted by molar-refractivity contribution is 9.11. The highest BCUT2D eigenvalue weighted by atomic mass is 79.9. The number of phenols is 1. The van der Waals surface area contributed by atoms with E-state index in [0.717, 1.165) is 4.47 Å². The number of hydrogen-bond donors (Lipinski definition) is 2. The summed E-state index contributed by atoms with van der Waals surface area (Å²) in [5, 5.41) is 13.5. The monoisotopic (exact) mass is 426 g/mol. The van der Waals surface area contributed by atoms with Crippen molar-refractivity contribution < 1.29 is 14.6 Å². The van der Waals surface area contributed by atoms with Crippen molar-refractivity contribution in [2.45, 2.75) is 0 Å². The average molecular weight is 428 g/mol. The molecule has 0 bridgehead atoms. The molecule has 0 saturated heterocycles. The molecule has 0 aliphatic rings. The van der Waals surface area contributed by atoms with Crippen molar-refractivity contribution in [3.05, 3.63) is 56.5 Å². The summed E-state index contributed by atoms with van der Waals surface area (Å²) in [7, 11) is 1.56. The number of rotatable bonds is 4. The molecule has 0 saturated carbocycles. The molecule has 5 nitrogen and oxygen atoms in total. The van der Waals surface area contributed by atoms with Crippen LogP contribution in [0, 0.1) is 0 Å².